The number of carbonyl (C=O) groups is 1. The number of anilines is 1. The maximum Gasteiger partial charge on any atom is 0.243 e. The Hall–Kier alpha value is -2.10. The first-order valence-corrected chi connectivity index (χ1v) is 11.7. The lowest BCUT2D eigenvalue weighted by Gasteiger charge is -2.43. The number of ether oxygens (including phenoxy) is 1. The van der Waals surface area contributed by atoms with E-state index >= 15 is 0 Å². The monoisotopic (exact) mass is 436 g/mol. The Bertz CT molecular complexity index is 1000. The van der Waals surface area contributed by atoms with Gasteiger partial charge in [-0.05, 0) is 61.4 Å². The van der Waals surface area contributed by atoms with Crippen LogP contribution in [0, 0.1) is 5.82 Å². The molecule has 2 aromatic carbocycles. The number of sulfonamides is 1. The summed E-state index contributed by atoms with van der Waals surface area (Å²) in [5.74, 6) is 0.538. The normalized spacial score (nSPS) is 19.7. The van der Waals surface area contributed by atoms with E-state index in [0.29, 0.717) is 43.1 Å². The minimum atomic E-state index is -3.62. The van der Waals surface area contributed by atoms with E-state index in [9.17, 15) is 17.6 Å². The average Bonchev–Trinajstić information content (AvgIpc) is 3.05. The number of halogens is 1. The van der Waals surface area contributed by atoms with Crippen LogP contribution >= 0.6 is 11.8 Å². The summed E-state index contributed by atoms with van der Waals surface area (Å²) >= 11 is 1.54. The van der Waals surface area contributed by atoms with Crippen LogP contribution < -0.4 is 9.64 Å². The summed E-state index contributed by atoms with van der Waals surface area (Å²) in [6.45, 7) is 0.624. The van der Waals surface area contributed by atoms with Gasteiger partial charge in [-0.3, -0.25) is 9.69 Å². The second kappa shape index (κ2) is 7.62. The van der Waals surface area contributed by atoms with Crippen molar-refractivity contribution in [1.82, 2.24) is 4.31 Å². The Morgan fingerprint density at radius 3 is 2.24 bits per heavy atom. The van der Waals surface area contributed by atoms with E-state index in [0.717, 1.165) is 0 Å². The average molecular weight is 437 g/mol. The van der Waals surface area contributed by atoms with E-state index in [-0.39, 0.29) is 16.6 Å². The van der Waals surface area contributed by atoms with E-state index in [1.165, 1.54) is 47.4 Å². The lowest BCUT2D eigenvalue weighted by atomic mass is 10.0. The molecule has 2 fully saturated rings. The zero-order chi connectivity index (χ0) is 20.6. The third-order valence-corrected chi connectivity index (χ3v) is 8.84. The first-order valence-electron chi connectivity index (χ1n) is 9.22. The first-order chi connectivity index (χ1) is 13.9. The third kappa shape index (κ3) is 3.62. The van der Waals surface area contributed by atoms with Crippen LogP contribution in [0.2, 0.25) is 0 Å². The summed E-state index contributed by atoms with van der Waals surface area (Å²) in [6, 6.07) is 12.2. The smallest absolute Gasteiger partial charge is 0.243 e. The van der Waals surface area contributed by atoms with Crippen molar-refractivity contribution < 1.29 is 22.3 Å². The highest BCUT2D eigenvalue weighted by Gasteiger charge is 2.50. The van der Waals surface area contributed by atoms with Crippen LogP contribution in [0.4, 0.5) is 10.1 Å². The van der Waals surface area contributed by atoms with Gasteiger partial charge < -0.3 is 4.74 Å². The van der Waals surface area contributed by atoms with Gasteiger partial charge in [0.05, 0.1) is 22.6 Å². The molecule has 0 aliphatic carbocycles. The molecule has 0 unspecified atom stereocenters. The van der Waals surface area contributed by atoms with E-state index in [1.54, 1.807) is 29.2 Å². The number of amides is 1. The fraction of sp³-hybridized carbons (Fsp3) is 0.350. The Morgan fingerprint density at radius 2 is 1.66 bits per heavy atom. The Balaban J connectivity index is 1.54. The molecule has 4 rings (SSSR count). The minimum absolute atomic E-state index is 0.0342. The van der Waals surface area contributed by atoms with Crippen LogP contribution in [-0.4, -0.2) is 49.5 Å². The van der Waals surface area contributed by atoms with Crippen LogP contribution in [0.3, 0.4) is 0 Å². The van der Waals surface area contributed by atoms with Gasteiger partial charge in [0.1, 0.15) is 11.6 Å². The van der Waals surface area contributed by atoms with Crippen molar-refractivity contribution >= 4 is 33.4 Å². The van der Waals surface area contributed by atoms with E-state index in [2.05, 4.69) is 0 Å². The number of benzene rings is 2. The summed E-state index contributed by atoms with van der Waals surface area (Å²) in [4.78, 5) is 14.0. The van der Waals surface area contributed by atoms with Crippen LogP contribution in [0.5, 0.6) is 5.75 Å². The summed E-state index contributed by atoms with van der Waals surface area (Å²) < 4.78 is 45.9. The van der Waals surface area contributed by atoms with Crippen LogP contribution in [0.15, 0.2) is 53.4 Å². The number of rotatable bonds is 4. The Labute approximate surface area is 173 Å². The molecule has 0 N–H and O–H groups in total. The highest BCUT2D eigenvalue weighted by atomic mass is 32.2. The molecule has 1 amide bonds. The summed E-state index contributed by atoms with van der Waals surface area (Å²) in [5.41, 5.74) is 0.646. The second-order valence-corrected chi connectivity index (χ2v) is 10.3. The van der Waals surface area contributed by atoms with Crippen molar-refractivity contribution in [2.24, 2.45) is 0 Å². The quantitative estimate of drug-likeness (QED) is 0.737. The van der Waals surface area contributed by atoms with Crippen molar-refractivity contribution in [3.63, 3.8) is 0 Å². The van der Waals surface area contributed by atoms with Gasteiger partial charge in [-0.1, -0.05) is 0 Å². The van der Waals surface area contributed by atoms with Gasteiger partial charge in [-0.2, -0.15) is 4.31 Å². The fourth-order valence-electron chi connectivity index (χ4n) is 3.86. The SMILES string of the molecule is COc1ccc(S(=O)(=O)N2CCC3(CC2)SCC(=O)N3c2ccc(F)cc2)cc1. The predicted molar refractivity (Wildman–Crippen MR) is 110 cm³/mol. The van der Waals surface area contributed by atoms with Crippen molar-refractivity contribution in [1.29, 1.82) is 0 Å². The van der Waals surface area contributed by atoms with Crippen molar-refractivity contribution in [3.05, 3.63) is 54.3 Å². The number of thioether (sulfide) groups is 1. The molecule has 9 heteroatoms. The molecule has 154 valence electrons. The van der Waals surface area contributed by atoms with Crippen LogP contribution in [0.1, 0.15) is 12.8 Å². The molecular weight excluding hydrogens is 415 g/mol. The van der Waals surface area contributed by atoms with Gasteiger partial charge in [0.2, 0.25) is 15.9 Å². The molecule has 0 aromatic heterocycles. The van der Waals surface area contributed by atoms with E-state index in [4.69, 9.17) is 4.74 Å². The molecule has 2 aliphatic heterocycles. The number of hydrogen-bond acceptors (Lipinski definition) is 5. The largest absolute Gasteiger partial charge is 0.497 e. The number of nitrogens with zero attached hydrogens (tertiary/aromatic N) is 2. The molecule has 1 spiro atoms. The summed E-state index contributed by atoms with van der Waals surface area (Å²) in [7, 11) is -2.09. The molecule has 0 atom stereocenters. The Kier molecular flexibility index (Phi) is 5.30. The summed E-state index contributed by atoms with van der Waals surface area (Å²) in [5, 5.41) is 0. The molecule has 29 heavy (non-hydrogen) atoms. The topological polar surface area (TPSA) is 66.9 Å². The zero-order valence-corrected chi connectivity index (χ0v) is 17.5. The van der Waals surface area contributed by atoms with Gasteiger partial charge >= 0.3 is 0 Å². The molecular formula is C20H21FN2O4S2. The standard InChI is InChI=1S/C20H21FN2O4S2/c1-27-17-6-8-18(9-7-17)29(25,26)22-12-10-20(11-13-22)23(19(24)14-28-20)16-4-2-15(21)3-5-16/h2-9H,10-14H2,1H3. The Morgan fingerprint density at radius 1 is 1.03 bits per heavy atom. The van der Waals surface area contributed by atoms with E-state index < -0.39 is 14.9 Å². The van der Waals surface area contributed by atoms with Crippen molar-refractivity contribution in [2.75, 3.05) is 30.9 Å². The van der Waals surface area contributed by atoms with Gasteiger partial charge in [0.15, 0.2) is 0 Å². The highest BCUT2D eigenvalue weighted by molar-refractivity contribution is 8.02. The lowest BCUT2D eigenvalue weighted by Crippen LogP contribution is -2.53. The van der Waals surface area contributed by atoms with Gasteiger partial charge in [-0.15, -0.1) is 11.8 Å². The second-order valence-electron chi connectivity index (χ2n) is 7.02. The number of methoxy groups -OCH3 is 1. The van der Waals surface area contributed by atoms with Gasteiger partial charge in [0, 0.05) is 18.8 Å². The predicted octanol–water partition coefficient (Wildman–Crippen LogP) is 3.10. The van der Waals surface area contributed by atoms with Gasteiger partial charge in [-0.25, -0.2) is 12.8 Å². The van der Waals surface area contributed by atoms with Crippen LogP contribution in [-0.2, 0) is 14.8 Å². The maximum atomic E-state index is 13.3. The minimum Gasteiger partial charge on any atom is -0.497 e. The first kappa shape index (κ1) is 20.2. The molecule has 0 bridgehead atoms. The molecule has 2 aliphatic rings. The number of hydrogen-bond donors (Lipinski definition) is 0. The van der Waals surface area contributed by atoms with Gasteiger partial charge in [0.25, 0.3) is 0 Å². The molecule has 0 radical (unpaired) electrons. The van der Waals surface area contributed by atoms with E-state index in [1.807, 2.05) is 0 Å². The molecule has 2 heterocycles. The summed E-state index contributed by atoms with van der Waals surface area (Å²) in [6.07, 6.45) is 1.02. The fourth-order valence-corrected chi connectivity index (χ4v) is 6.63. The number of piperidine rings is 1. The molecule has 2 aromatic rings. The zero-order valence-electron chi connectivity index (χ0n) is 15.9. The van der Waals surface area contributed by atoms with Crippen molar-refractivity contribution in [2.45, 2.75) is 22.6 Å². The lowest BCUT2D eigenvalue weighted by molar-refractivity contribution is -0.116. The highest BCUT2D eigenvalue weighted by Crippen LogP contribution is 2.47. The number of carbonyl (C=O) groups excluding carboxylic acids is 1. The molecule has 2 saturated heterocycles. The van der Waals surface area contributed by atoms with Crippen LogP contribution in [0.25, 0.3) is 0 Å². The molecule has 6 nitrogen and oxygen atoms in total. The van der Waals surface area contributed by atoms with Crippen molar-refractivity contribution in [3.8, 4) is 5.75 Å². The molecule has 0 saturated carbocycles. The third-order valence-electron chi connectivity index (χ3n) is 5.41. The maximum absolute atomic E-state index is 13.3.